The van der Waals surface area contributed by atoms with Crippen LogP contribution in [-0.4, -0.2) is 46.7 Å². The van der Waals surface area contributed by atoms with Gasteiger partial charge in [0.1, 0.15) is 5.52 Å². The van der Waals surface area contributed by atoms with E-state index in [4.69, 9.17) is 0 Å². The summed E-state index contributed by atoms with van der Waals surface area (Å²) in [5.41, 5.74) is 3.53. The Kier molecular flexibility index (Phi) is 6.30. The maximum absolute atomic E-state index is 13.3. The molecular formula is C23H29N5O3S. The molecule has 0 saturated carbocycles. The molecule has 2 heterocycles. The van der Waals surface area contributed by atoms with E-state index < -0.39 is 10.0 Å². The molecule has 0 spiro atoms. The van der Waals surface area contributed by atoms with Gasteiger partial charge in [0.2, 0.25) is 15.9 Å². The highest BCUT2D eigenvalue weighted by Gasteiger charge is 2.33. The number of aromatic nitrogens is 3. The minimum atomic E-state index is -3.73. The molecule has 1 amide bonds. The predicted octanol–water partition coefficient (Wildman–Crippen LogP) is 3.04. The van der Waals surface area contributed by atoms with Gasteiger partial charge in [0.05, 0.1) is 16.3 Å². The van der Waals surface area contributed by atoms with Gasteiger partial charge in [0, 0.05) is 25.7 Å². The van der Waals surface area contributed by atoms with Crippen molar-refractivity contribution in [3.8, 4) is 0 Å². The fraction of sp³-hybridized carbons (Fsp3) is 0.435. The number of piperidine rings is 1. The highest BCUT2D eigenvalue weighted by atomic mass is 32.2. The van der Waals surface area contributed by atoms with Gasteiger partial charge in [0.15, 0.2) is 0 Å². The van der Waals surface area contributed by atoms with Crippen LogP contribution in [0.25, 0.3) is 11.0 Å². The number of benzene rings is 2. The first-order valence-electron chi connectivity index (χ1n) is 10.9. The first-order valence-corrected chi connectivity index (χ1v) is 12.4. The second kappa shape index (κ2) is 8.99. The predicted molar refractivity (Wildman–Crippen MR) is 122 cm³/mol. The number of amides is 1. The zero-order valence-corrected chi connectivity index (χ0v) is 19.5. The third-order valence-electron chi connectivity index (χ3n) is 5.91. The van der Waals surface area contributed by atoms with Crippen LogP contribution in [0.15, 0.2) is 47.4 Å². The van der Waals surface area contributed by atoms with Crippen molar-refractivity contribution in [1.82, 2.24) is 24.6 Å². The van der Waals surface area contributed by atoms with Crippen molar-refractivity contribution in [2.45, 2.75) is 51.1 Å². The summed E-state index contributed by atoms with van der Waals surface area (Å²) in [6.45, 7) is 7.03. The monoisotopic (exact) mass is 455 g/mol. The Balaban J connectivity index is 1.46. The van der Waals surface area contributed by atoms with Gasteiger partial charge in [-0.1, -0.05) is 35.0 Å². The molecule has 3 aromatic rings. The van der Waals surface area contributed by atoms with E-state index in [1.54, 1.807) is 22.9 Å². The minimum absolute atomic E-state index is 0.110. The molecule has 0 radical (unpaired) electrons. The summed E-state index contributed by atoms with van der Waals surface area (Å²) >= 11 is 0. The van der Waals surface area contributed by atoms with Gasteiger partial charge >= 0.3 is 0 Å². The van der Waals surface area contributed by atoms with Crippen molar-refractivity contribution >= 4 is 27.0 Å². The van der Waals surface area contributed by atoms with E-state index in [1.807, 2.05) is 45.0 Å². The molecule has 1 saturated heterocycles. The normalized spacial score (nSPS) is 17.7. The van der Waals surface area contributed by atoms with Gasteiger partial charge in [0.25, 0.3) is 0 Å². The molecule has 1 atom stereocenters. The molecule has 0 aliphatic carbocycles. The number of hydrogen-bond donors (Lipinski definition) is 1. The van der Waals surface area contributed by atoms with Gasteiger partial charge in [-0.2, -0.15) is 4.31 Å². The van der Waals surface area contributed by atoms with E-state index in [0.29, 0.717) is 31.4 Å². The van der Waals surface area contributed by atoms with Crippen LogP contribution in [0.2, 0.25) is 0 Å². The van der Waals surface area contributed by atoms with Crippen LogP contribution in [0.4, 0.5) is 0 Å². The zero-order chi connectivity index (χ0) is 22.9. The van der Waals surface area contributed by atoms with E-state index in [9.17, 15) is 13.2 Å². The van der Waals surface area contributed by atoms with Crippen LogP contribution >= 0.6 is 0 Å². The molecule has 9 heteroatoms. The SMILES string of the molecule is Cc1ccc(CNC(=O)[C@@H]2CCCN(S(=O)(=O)c3ccc4c(c3)nnn4C(C)C)C2)cc1. The lowest BCUT2D eigenvalue weighted by Gasteiger charge is -2.31. The number of fused-ring (bicyclic) bond motifs is 1. The molecular weight excluding hydrogens is 426 g/mol. The van der Waals surface area contributed by atoms with Gasteiger partial charge < -0.3 is 5.32 Å². The quantitative estimate of drug-likeness (QED) is 0.616. The molecule has 2 aromatic carbocycles. The molecule has 32 heavy (non-hydrogen) atoms. The first kappa shape index (κ1) is 22.4. The third-order valence-corrected chi connectivity index (χ3v) is 7.77. The van der Waals surface area contributed by atoms with Crippen molar-refractivity contribution in [2.75, 3.05) is 13.1 Å². The van der Waals surface area contributed by atoms with E-state index in [2.05, 4.69) is 15.6 Å². The van der Waals surface area contributed by atoms with E-state index >= 15 is 0 Å². The van der Waals surface area contributed by atoms with Crippen molar-refractivity contribution in [3.05, 3.63) is 53.6 Å². The zero-order valence-electron chi connectivity index (χ0n) is 18.7. The summed E-state index contributed by atoms with van der Waals surface area (Å²) in [4.78, 5) is 12.9. The number of aryl methyl sites for hydroxylation is 1. The van der Waals surface area contributed by atoms with Crippen LogP contribution in [0, 0.1) is 12.8 Å². The fourth-order valence-corrected chi connectivity index (χ4v) is 5.57. The van der Waals surface area contributed by atoms with Crippen LogP contribution in [0.3, 0.4) is 0 Å². The summed E-state index contributed by atoms with van der Waals surface area (Å²) in [6.07, 6.45) is 1.32. The molecule has 1 aliphatic rings. The van der Waals surface area contributed by atoms with Crippen molar-refractivity contribution in [2.24, 2.45) is 5.92 Å². The maximum atomic E-state index is 13.3. The molecule has 170 valence electrons. The number of carbonyl (C=O) groups is 1. The van der Waals surface area contributed by atoms with Crippen LogP contribution < -0.4 is 5.32 Å². The Morgan fingerprint density at radius 1 is 1.19 bits per heavy atom. The van der Waals surface area contributed by atoms with E-state index in [0.717, 1.165) is 16.6 Å². The Labute approximate surface area is 188 Å². The lowest BCUT2D eigenvalue weighted by atomic mass is 9.98. The molecule has 1 fully saturated rings. The molecule has 1 aromatic heterocycles. The number of nitrogens with one attached hydrogen (secondary N) is 1. The minimum Gasteiger partial charge on any atom is -0.352 e. The standard InChI is InChI=1S/C23H29N5O3S/c1-16(2)28-22-11-10-20(13-21(22)25-26-28)32(30,31)27-12-4-5-19(15-27)23(29)24-14-18-8-6-17(3)7-9-18/h6-11,13,16,19H,4-5,12,14-15H2,1-3H3,(H,24,29)/t19-/m1/s1. The lowest BCUT2D eigenvalue weighted by Crippen LogP contribution is -2.45. The lowest BCUT2D eigenvalue weighted by molar-refractivity contribution is -0.126. The van der Waals surface area contributed by atoms with Gasteiger partial charge in [-0.25, -0.2) is 13.1 Å². The molecule has 1 N–H and O–H groups in total. The third kappa shape index (κ3) is 4.54. The molecule has 1 aliphatic heterocycles. The Morgan fingerprint density at radius 3 is 2.66 bits per heavy atom. The van der Waals surface area contributed by atoms with Crippen LogP contribution in [0.5, 0.6) is 0 Å². The number of hydrogen-bond acceptors (Lipinski definition) is 5. The summed E-state index contributed by atoms with van der Waals surface area (Å²) in [5.74, 6) is -0.477. The molecule has 0 bridgehead atoms. The fourth-order valence-electron chi connectivity index (χ4n) is 4.03. The number of carbonyl (C=O) groups excluding carboxylic acids is 1. The average molecular weight is 456 g/mol. The Morgan fingerprint density at radius 2 is 1.94 bits per heavy atom. The topological polar surface area (TPSA) is 97.2 Å². The van der Waals surface area contributed by atoms with Gasteiger partial charge in [-0.15, -0.1) is 5.10 Å². The highest BCUT2D eigenvalue weighted by Crippen LogP contribution is 2.26. The van der Waals surface area contributed by atoms with Crippen LogP contribution in [-0.2, 0) is 21.4 Å². The van der Waals surface area contributed by atoms with E-state index in [1.165, 1.54) is 4.31 Å². The molecule has 0 unspecified atom stereocenters. The smallest absolute Gasteiger partial charge is 0.243 e. The second-order valence-electron chi connectivity index (χ2n) is 8.68. The summed E-state index contributed by atoms with van der Waals surface area (Å²) in [6, 6.07) is 13.0. The summed E-state index contributed by atoms with van der Waals surface area (Å²) in [5, 5.41) is 11.2. The number of nitrogens with zero attached hydrogens (tertiary/aromatic N) is 4. The highest BCUT2D eigenvalue weighted by molar-refractivity contribution is 7.89. The van der Waals surface area contributed by atoms with Crippen molar-refractivity contribution in [3.63, 3.8) is 0 Å². The largest absolute Gasteiger partial charge is 0.352 e. The first-order chi connectivity index (χ1) is 15.3. The van der Waals surface area contributed by atoms with Gasteiger partial charge in [-0.3, -0.25) is 4.79 Å². The number of sulfonamides is 1. The molecule has 4 rings (SSSR count). The Bertz CT molecular complexity index is 1220. The Hall–Kier alpha value is -2.78. The number of rotatable bonds is 6. The van der Waals surface area contributed by atoms with Crippen molar-refractivity contribution in [1.29, 1.82) is 0 Å². The second-order valence-corrected chi connectivity index (χ2v) is 10.6. The van der Waals surface area contributed by atoms with Gasteiger partial charge in [-0.05, 0) is 57.4 Å². The summed E-state index contributed by atoms with van der Waals surface area (Å²) < 4.78 is 29.8. The summed E-state index contributed by atoms with van der Waals surface area (Å²) in [7, 11) is -3.73. The maximum Gasteiger partial charge on any atom is 0.243 e. The van der Waals surface area contributed by atoms with Crippen molar-refractivity contribution < 1.29 is 13.2 Å². The van der Waals surface area contributed by atoms with Crippen LogP contribution in [0.1, 0.15) is 43.9 Å². The average Bonchev–Trinajstić information content (AvgIpc) is 3.22. The van der Waals surface area contributed by atoms with E-state index in [-0.39, 0.29) is 29.3 Å². The molecule has 8 nitrogen and oxygen atoms in total.